The number of rotatable bonds is 6. The van der Waals surface area contributed by atoms with Gasteiger partial charge in [0.25, 0.3) is 5.91 Å². The van der Waals surface area contributed by atoms with Crippen molar-refractivity contribution in [3.8, 4) is 0 Å². The van der Waals surface area contributed by atoms with E-state index >= 15 is 0 Å². The summed E-state index contributed by atoms with van der Waals surface area (Å²) in [6, 6.07) is 14.3. The van der Waals surface area contributed by atoms with Crippen molar-refractivity contribution in [2.24, 2.45) is 0 Å². The highest BCUT2D eigenvalue weighted by Gasteiger charge is 2.26. The number of nitrogens with one attached hydrogen (secondary N) is 1. The van der Waals surface area contributed by atoms with Crippen LogP contribution in [0.2, 0.25) is 0 Å². The average molecular weight is 313 g/mol. The van der Waals surface area contributed by atoms with E-state index < -0.39 is 0 Å². The van der Waals surface area contributed by atoms with E-state index in [9.17, 15) is 4.79 Å². The standard InChI is InChI=1S/C18H23N3O2/c22-18(19-8-11-20-9-4-5-10-20)17-15-21(12-13-23-17)14-16-6-2-1-3-7-16/h1-7,9-10,17H,8,11-15H2,(H,19,22)/t17-/m0/s1. The maximum atomic E-state index is 12.3. The second kappa shape index (κ2) is 7.94. The van der Waals surface area contributed by atoms with Crippen molar-refractivity contribution in [2.45, 2.75) is 19.2 Å². The lowest BCUT2D eigenvalue weighted by molar-refractivity contribution is -0.138. The zero-order valence-corrected chi connectivity index (χ0v) is 13.2. The average Bonchev–Trinajstić information content (AvgIpc) is 3.09. The summed E-state index contributed by atoms with van der Waals surface area (Å²) >= 11 is 0. The van der Waals surface area contributed by atoms with E-state index in [2.05, 4.69) is 22.3 Å². The molecule has 1 aliphatic rings. The summed E-state index contributed by atoms with van der Waals surface area (Å²) in [4.78, 5) is 14.5. The van der Waals surface area contributed by atoms with Crippen LogP contribution < -0.4 is 5.32 Å². The summed E-state index contributed by atoms with van der Waals surface area (Å²) < 4.78 is 7.68. The van der Waals surface area contributed by atoms with Gasteiger partial charge in [0.2, 0.25) is 0 Å². The highest BCUT2D eigenvalue weighted by Crippen LogP contribution is 2.10. The van der Waals surface area contributed by atoms with E-state index in [0.29, 0.717) is 19.7 Å². The normalized spacial score (nSPS) is 18.7. The molecule has 1 aromatic carbocycles. The number of nitrogens with zero attached hydrogens (tertiary/aromatic N) is 2. The Kier molecular flexibility index (Phi) is 5.45. The van der Waals surface area contributed by atoms with E-state index in [1.807, 2.05) is 47.3 Å². The molecule has 1 aromatic heterocycles. The molecule has 0 radical (unpaired) electrons. The molecule has 1 amide bonds. The van der Waals surface area contributed by atoms with Gasteiger partial charge in [-0.3, -0.25) is 9.69 Å². The van der Waals surface area contributed by atoms with Crippen LogP contribution in [0.5, 0.6) is 0 Å². The van der Waals surface area contributed by atoms with Gasteiger partial charge in [-0.05, 0) is 17.7 Å². The number of hydrogen-bond donors (Lipinski definition) is 1. The van der Waals surface area contributed by atoms with Gasteiger partial charge in [-0.15, -0.1) is 0 Å². The smallest absolute Gasteiger partial charge is 0.250 e. The van der Waals surface area contributed by atoms with E-state index in [1.54, 1.807) is 0 Å². The van der Waals surface area contributed by atoms with Crippen LogP contribution in [0.3, 0.4) is 0 Å². The molecular weight excluding hydrogens is 290 g/mol. The van der Waals surface area contributed by atoms with Crippen LogP contribution in [-0.2, 0) is 22.6 Å². The van der Waals surface area contributed by atoms with Crippen molar-refractivity contribution in [1.29, 1.82) is 0 Å². The molecule has 1 N–H and O–H groups in total. The van der Waals surface area contributed by atoms with Gasteiger partial charge >= 0.3 is 0 Å². The molecule has 2 heterocycles. The summed E-state index contributed by atoms with van der Waals surface area (Å²) in [6.07, 6.45) is 3.60. The van der Waals surface area contributed by atoms with E-state index in [0.717, 1.165) is 19.6 Å². The Morgan fingerprint density at radius 1 is 1.17 bits per heavy atom. The molecule has 122 valence electrons. The summed E-state index contributed by atoms with van der Waals surface area (Å²) in [7, 11) is 0. The number of hydrogen-bond acceptors (Lipinski definition) is 3. The number of carbonyl (C=O) groups is 1. The fourth-order valence-corrected chi connectivity index (χ4v) is 2.79. The van der Waals surface area contributed by atoms with Crippen LogP contribution in [0.4, 0.5) is 0 Å². The molecule has 1 fully saturated rings. The van der Waals surface area contributed by atoms with Gasteiger partial charge in [-0.2, -0.15) is 0 Å². The Labute approximate surface area is 136 Å². The van der Waals surface area contributed by atoms with Crippen molar-refractivity contribution < 1.29 is 9.53 Å². The zero-order chi connectivity index (χ0) is 15.9. The lowest BCUT2D eigenvalue weighted by atomic mass is 10.2. The third-order valence-corrected chi connectivity index (χ3v) is 4.03. The van der Waals surface area contributed by atoms with Crippen LogP contribution >= 0.6 is 0 Å². The predicted octanol–water partition coefficient (Wildman–Crippen LogP) is 1.51. The largest absolute Gasteiger partial charge is 0.366 e. The molecule has 0 bridgehead atoms. The van der Waals surface area contributed by atoms with Crippen LogP contribution in [0.25, 0.3) is 0 Å². The third-order valence-electron chi connectivity index (χ3n) is 4.03. The molecule has 1 aliphatic heterocycles. The molecule has 0 unspecified atom stereocenters. The minimum Gasteiger partial charge on any atom is -0.366 e. The van der Waals surface area contributed by atoms with Gasteiger partial charge in [0, 0.05) is 45.1 Å². The number of ether oxygens (including phenoxy) is 1. The van der Waals surface area contributed by atoms with E-state index in [4.69, 9.17) is 4.74 Å². The lowest BCUT2D eigenvalue weighted by Crippen LogP contribution is -2.49. The van der Waals surface area contributed by atoms with Gasteiger partial charge in [-0.1, -0.05) is 30.3 Å². The first-order valence-corrected chi connectivity index (χ1v) is 8.07. The Balaban J connectivity index is 1.44. The maximum absolute atomic E-state index is 12.3. The number of amides is 1. The predicted molar refractivity (Wildman–Crippen MR) is 88.9 cm³/mol. The number of morpholine rings is 1. The van der Waals surface area contributed by atoms with Gasteiger partial charge in [0.05, 0.1) is 6.61 Å². The summed E-state index contributed by atoms with van der Waals surface area (Å²) in [5, 5.41) is 2.96. The SMILES string of the molecule is O=C(NCCn1cccc1)[C@@H]1CN(Cc2ccccc2)CCO1. The molecule has 1 saturated heterocycles. The van der Waals surface area contributed by atoms with Gasteiger partial charge in [0.15, 0.2) is 0 Å². The molecule has 2 aromatic rings. The molecular formula is C18H23N3O2. The molecule has 5 heteroatoms. The fourth-order valence-electron chi connectivity index (χ4n) is 2.79. The molecule has 3 rings (SSSR count). The second-order valence-corrected chi connectivity index (χ2v) is 5.79. The summed E-state index contributed by atoms with van der Waals surface area (Å²) in [6.45, 7) is 4.36. The van der Waals surface area contributed by atoms with Crippen molar-refractivity contribution in [1.82, 2.24) is 14.8 Å². The number of benzene rings is 1. The van der Waals surface area contributed by atoms with Gasteiger partial charge < -0.3 is 14.6 Å². The number of carbonyl (C=O) groups excluding carboxylic acids is 1. The minimum absolute atomic E-state index is 0.0186. The topological polar surface area (TPSA) is 46.5 Å². The summed E-state index contributed by atoms with van der Waals surface area (Å²) in [5.41, 5.74) is 1.26. The highest BCUT2D eigenvalue weighted by molar-refractivity contribution is 5.81. The van der Waals surface area contributed by atoms with Crippen molar-refractivity contribution in [3.05, 3.63) is 60.4 Å². The molecule has 23 heavy (non-hydrogen) atoms. The fraction of sp³-hybridized carbons (Fsp3) is 0.389. The van der Waals surface area contributed by atoms with Crippen molar-refractivity contribution >= 4 is 5.91 Å². The molecule has 5 nitrogen and oxygen atoms in total. The van der Waals surface area contributed by atoms with Crippen molar-refractivity contribution in [2.75, 3.05) is 26.2 Å². The first-order chi connectivity index (χ1) is 11.3. The Morgan fingerprint density at radius 2 is 1.96 bits per heavy atom. The van der Waals surface area contributed by atoms with E-state index in [1.165, 1.54) is 5.56 Å². The number of aromatic nitrogens is 1. The molecule has 0 saturated carbocycles. The maximum Gasteiger partial charge on any atom is 0.250 e. The van der Waals surface area contributed by atoms with E-state index in [-0.39, 0.29) is 12.0 Å². The monoisotopic (exact) mass is 313 g/mol. The third kappa shape index (κ3) is 4.68. The first-order valence-electron chi connectivity index (χ1n) is 8.07. The molecule has 0 spiro atoms. The zero-order valence-electron chi connectivity index (χ0n) is 13.2. The van der Waals surface area contributed by atoms with Gasteiger partial charge in [-0.25, -0.2) is 0 Å². The highest BCUT2D eigenvalue weighted by atomic mass is 16.5. The quantitative estimate of drug-likeness (QED) is 0.879. The van der Waals surface area contributed by atoms with Gasteiger partial charge in [0.1, 0.15) is 6.10 Å². The van der Waals surface area contributed by atoms with Crippen molar-refractivity contribution in [3.63, 3.8) is 0 Å². The Hall–Kier alpha value is -2.11. The molecule has 1 atom stereocenters. The summed E-state index contributed by atoms with van der Waals surface area (Å²) in [5.74, 6) is -0.0186. The van der Waals surface area contributed by atoms with Crippen LogP contribution in [0.15, 0.2) is 54.9 Å². The Morgan fingerprint density at radius 3 is 2.74 bits per heavy atom. The second-order valence-electron chi connectivity index (χ2n) is 5.79. The Bertz CT molecular complexity index is 598. The van der Waals surface area contributed by atoms with Crippen LogP contribution in [0.1, 0.15) is 5.56 Å². The van der Waals surface area contributed by atoms with Crippen LogP contribution in [0, 0.1) is 0 Å². The first kappa shape index (κ1) is 15.8. The van der Waals surface area contributed by atoms with Crippen LogP contribution in [-0.4, -0.2) is 47.7 Å². The lowest BCUT2D eigenvalue weighted by Gasteiger charge is -2.32. The molecule has 0 aliphatic carbocycles. The minimum atomic E-state index is -0.378.